The van der Waals surface area contributed by atoms with Gasteiger partial charge in [-0.25, -0.2) is 14.6 Å². The molecule has 2 aromatic heterocycles. The second-order valence-corrected chi connectivity index (χ2v) is 11.3. The lowest BCUT2D eigenvalue weighted by Crippen LogP contribution is -2.50. The highest BCUT2D eigenvalue weighted by Crippen LogP contribution is 2.21. The van der Waals surface area contributed by atoms with Crippen LogP contribution < -0.4 is 16.0 Å². The maximum atomic E-state index is 13.8. The van der Waals surface area contributed by atoms with E-state index < -0.39 is 12.1 Å². The normalized spacial score (nSPS) is 19.4. The molecule has 1 aromatic carbocycles. The Labute approximate surface area is 257 Å². The number of rotatable bonds is 5. The summed E-state index contributed by atoms with van der Waals surface area (Å²) in [5, 5.41) is 13.3. The molecular weight excluding hydrogens is 564 g/mol. The monoisotopic (exact) mass is 606 g/mol. The Morgan fingerprint density at radius 1 is 1.07 bits per heavy atom. The van der Waals surface area contributed by atoms with E-state index in [2.05, 4.69) is 31.0 Å². The number of aromatic nitrogens is 4. The lowest BCUT2D eigenvalue weighted by atomic mass is 10.0. The van der Waals surface area contributed by atoms with Crippen molar-refractivity contribution in [2.45, 2.75) is 78.4 Å². The topological polar surface area (TPSA) is 164 Å². The van der Waals surface area contributed by atoms with Gasteiger partial charge in [0.1, 0.15) is 24.2 Å². The Kier molecular flexibility index (Phi) is 11.2. The zero-order valence-electron chi connectivity index (χ0n) is 25.8. The predicted octanol–water partition coefficient (Wildman–Crippen LogP) is 2.12. The number of carbonyl (C=O) groups is 4. The van der Waals surface area contributed by atoms with Gasteiger partial charge in [0.05, 0.1) is 6.04 Å². The van der Waals surface area contributed by atoms with Gasteiger partial charge in [0.25, 0.3) is 5.91 Å². The number of fused-ring (bicyclic) bond motifs is 1. The summed E-state index contributed by atoms with van der Waals surface area (Å²) < 4.78 is 6.87. The maximum absolute atomic E-state index is 13.8. The highest BCUT2D eigenvalue weighted by molar-refractivity contribution is 5.93. The lowest BCUT2D eigenvalue weighted by Gasteiger charge is -2.26. The molecule has 0 saturated carbocycles. The van der Waals surface area contributed by atoms with Gasteiger partial charge in [0.15, 0.2) is 17.9 Å². The number of carbonyl (C=O) groups excluding carboxylic acids is 4. The van der Waals surface area contributed by atoms with Gasteiger partial charge in [-0.2, -0.15) is 5.10 Å². The van der Waals surface area contributed by atoms with Crippen LogP contribution in [0.3, 0.4) is 0 Å². The SMILES string of the molecule is CCc1ocnc1C(=O)N1CCCNC(=O)Cn2nc(C)nc2[C@H](C(C)C)NC(=O)[C@@H](Cc2ccccc2)NC(=O)CCC1. The largest absolute Gasteiger partial charge is 0.448 e. The number of nitrogens with one attached hydrogen (secondary N) is 3. The standard InChI is InChI=1S/C31H42N8O5/c1-5-24-28(33-19-44-24)31(43)38-15-9-13-25(40)35-23(17-22-11-7-6-8-12-22)30(42)36-27(20(2)3)29-34-21(4)37-39(29)18-26(41)32-14-10-16-38/h6-8,11-12,19-20,23,27H,5,9-10,13-18H2,1-4H3,(H,32,41)(H,35,40)(H,36,42)/t23-,27+/m1/s1. The zero-order chi connectivity index (χ0) is 31.6. The van der Waals surface area contributed by atoms with Crippen molar-refractivity contribution in [1.82, 2.24) is 40.6 Å². The van der Waals surface area contributed by atoms with Crippen molar-refractivity contribution in [3.05, 3.63) is 65.4 Å². The molecule has 0 fully saturated rings. The minimum Gasteiger partial charge on any atom is -0.448 e. The van der Waals surface area contributed by atoms with Crippen LogP contribution in [0.4, 0.5) is 0 Å². The smallest absolute Gasteiger partial charge is 0.276 e. The number of amides is 4. The van der Waals surface area contributed by atoms with Gasteiger partial charge >= 0.3 is 0 Å². The van der Waals surface area contributed by atoms with Crippen LogP contribution in [0.5, 0.6) is 0 Å². The van der Waals surface area contributed by atoms with E-state index >= 15 is 0 Å². The summed E-state index contributed by atoms with van der Waals surface area (Å²) in [4.78, 5) is 63.6. The molecule has 3 N–H and O–H groups in total. The van der Waals surface area contributed by atoms with E-state index in [-0.39, 0.29) is 54.6 Å². The van der Waals surface area contributed by atoms with Crippen LogP contribution in [-0.4, -0.2) is 74.0 Å². The fourth-order valence-electron chi connectivity index (χ4n) is 5.21. The van der Waals surface area contributed by atoms with Crippen LogP contribution in [0.15, 0.2) is 41.1 Å². The van der Waals surface area contributed by atoms with Crippen LogP contribution in [0.25, 0.3) is 0 Å². The fourth-order valence-corrected chi connectivity index (χ4v) is 5.21. The second kappa shape index (κ2) is 15.3. The van der Waals surface area contributed by atoms with Crippen molar-refractivity contribution < 1.29 is 23.6 Å². The Hall–Kier alpha value is -4.55. The van der Waals surface area contributed by atoms with E-state index in [4.69, 9.17) is 4.42 Å². The third-order valence-corrected chi connectivity index (χ3v) is 7.49. The molecule has 13 nitrogen and oxygen atoms in total. The van der Waals surface area contributed by atoms with Gasteiger partial charge < -0.3 is 25.3 Å². The van der Waals surface area contributed by atoms with Crippen molar-refractivity contribution >= 4 is 23.6 Å². The zero-order valence-corrected chi connectivity index (χ0v) is 25.8. The number of aryl methyl sites for hydroxylation is 2. The average Bonchev–Trinajstić information content (AvgIpc) is 3.62. The van der Waals surface area contributed by atoms with Crippen LogP contribution in [0.1, 0.15) is 79.5 Å². The number of nitrogens with zero attached hydrogens (tertiary/aromatic N) is 5. The van der Waals surface area contributed by atoms with Crippen LogP contribution in [0, 0.1) is 12.8 Å². The van der Waals surface area contributed by atoms with Gasteiger partial charge in [0, 0.05) is 38.9 Å². The molecule has 1 aliphatic heterocycles. The molecule has 3 aromatic rings. The van der Waals surface area contributed by atoms with Crippen molar-refractivity contribution in [3.63, 3.8) is 0 Å². The van der Waals surface area contributed by atoms with Crippen LogP contribution in [-0.2, 0) is 33.8 Å². The number of hydrogen-bond acceptors (Lipinski definition) is 8. The number of benzene rings is 1. The molecule has 0 saturated heterocycles. The lowest BCUT2D eigenvalue weighted by molar-refractivity contribution is -0.129. The highest BCUT2D eigenvalue weighted by atomic mass is 16.3. The summed E-state index contributed by atoms with van der Waals surface area (Å²) in [5.41, 5.74) is 1.14. The molecule has 4 amide bonds. The minimum absolute atomic E-state index is 0.0792. The number of hydrogen-bond donors (Lipinski definition) is 3. The molecule has 2 atom stereocenters. The summed E-state index contributed by atoms with van der Waals surface area (Å²) in [5.74, 6) is 0.136. The Morgan fingerprint density at radius 2 is 1.82 bits per heavy atom. The van der Waals surface area contributed by atoms with Gasteiger partial charge in [0.2, 0.25) is 17.7 Å². The quantitative estimate of drug-likeness (QED) is 0.398. The summed E-state index contributed by atoms with van der Waals surface area (Å²) in [6.45, 7) is 8.40. The van der Waals surface area contributed by atoms with E-state index in [1.165, 1.54) is 11.1 Å². The third kappa shape index (κ3) is 8.51. The fraction of sp³-hybridized carbons (Fsp3) is 0.516. The molecule has 0 unspecified atom stereocenters. The first-order chi connectivity index (χ1) is 21.2. The summed E-state index contributed by atoms with van der Waals surface area (Å²) >= 11 is 0. The van der Waals surface area contributed by atoms with Crippen molar-refractivity contribution in [1.29, 1.82) is 0 Å². The minimum atomic E-state index is -0.856. The van der Waals surface area contributed by atoms with E-state index in [0.29, 0.717) is 56.3 Å². The molecule has 0 radical (unpaired) electrons. The summed E-state index contributed by atoms with van der Waals surface area (Å²) in [6.07, 6.45) is 3.03. The molecule has 1 aliphatic rings. The third-order valence-electron chi connectivity index (χ3n) is 7.49. The van der Waals surface area contributed by atoms with Crippen molar-refractivity contribution in [2.24, 2.45) is 5.92 Å². The second-order valence-electron chi connectivity index (χ2n) is 11.3. The predicted molar refractivity (Wildman–Crippen MR) is 161 cm³/mol. The molecule has 0 bridgehead atoms. The van der Waals surface area contributed by atoms with Gasteiger partial charge in [-0.05, 0) is 31.2 Å². The molecule has 0 aliphatic carbocycles. The number of oxazole rings is 1. The molecule has 4 rings (SSSR count). The molecule has 13 heteroatoms. The molecule has 44 heavy (non-hydrogen) atoms. The van der Waals surface area contributed by atoms with Gasteiger partial charge in [-0.15, -0.1) is 0 Å². The molecule has 3 heterocycles. The Morgan fingerprint density at radius 3 is 2.55 bits per heavy atom. The average molecular weight is 607 g/mol. The molecule has 236 valence electrons. The van der Waals surface area contributed by atoms with E-state index in [1.54, 1.807) is 11.8 Å². The molecule has 0 spiro atoms. The summed E-state index contributed by atoms with van der Waals surface area (Å²) in [6, 6.07) is 8.06. The Balaban J connectivity index is 1.61. The summed E-state index contributed by atoms with van der Waals surface area (Å²) in [7, 11) is 0. The Bertz CT molecular complexity index is 1430. The highest BCUT2D eigenvalue weighted by Gasteiger charge is 2.30. The van der Waals surface area contributed by atoms with E-state index in [0.717, 1.165) is 5.56 Å². The van der Waals surface area contributed by atoms with Crippen molar-refractivity contribution in [3.8, 4) is 0 Å². The van der Waals surface area contributed by atoms with Gasteiger partial charge in [-0.1, -0.05) is 51.1 Å². The van der Waals surface area contributed by atoms with Crippen LogP contribution >= 0.6 is 0 Å². The first-order valence-corrected chi connectivity index (χ1v) is 15.2. The first kappa shape index (κ1) is 32.4. The van der Waals surface area contributed by atoms with Gasteiger partial charge in [-0.3, -0.25) is 19.2 Å². The van der Waals surface area contributed by atoms with Crippen molar-refractivity contribution in [2.75, 3.05) is 19.6 Å². The molecular formula is C31H42N8O5. The van der Waals surface area contributed by atoms with Crippen LogP contribution in [0.2, 0.25) is 0 Å². The van der Waals surface area contributed by atoms with E-state index in [9.17, 15) is 19.2 Å². The van der Waals surface area contributed by atoms with E-state index in [1.807, 2.05) is 51.1 Å². The first-order valence-electron chi connectivity index (χ1n) is 15.2. The maximum Gasteiger partial charge on any atom is 0.276 e.